The number of amides is 2. The molecule has 4 rings (SSSR count). The van der Waals surface area contributed by atoms with Gasteiger partial charge < -0.3 is 19.8 Å². The van der Waals surface area contributed by atoms with Crippen molar-refractivity contribution in [1.82, 2.24) is 10.6 Å². The summed E-state index contributed by atoms with van der Waals surface area (Å²) in [6.07, 6.45) is 4.00. The second kappa shape index (κ2) is 7.91. The molecule has 1 aliphatic heterocycles. The number of rotatable bonds is 6. The van der Waals surface area contributed by atoms with Gasteiger partial charge in [-0.2, -0.15) is 0 Å². The highest BCUT2D eigenvalue weighted by Crippen LogP contribution is 2.28. The summed E-state index contributed by atoms with van der Waals surface area (Å²) in [5.74, 6) is -0.316. The maximum Gasteiger partial charge on any atom is 0.287 e. The Bertz CT molecular complexity index is 890. The number of aryl methyl sites for hydroxylation is 1. The van der Waals surface area contributed by atoms with Crippen LogP contribution in [0.2, 0.25) is 0 Å². The van der Waals surface area contributed by atoms with Crippen LogP contribution in [0, 0.1) is 24.6 Å². The maximum absolute atomic E-state index is 13.8. The number of halogens is 1. The zero-order valence-corrected chi connectivity index (χ0v) is 15.9. The first-order valence-electron chi connectivity index (χ1n) is 9.88. The lowest BCUT2D eigenvalue weighted by atomic mass is 9.85. The van der Waals surface area contributed by atoms with E-state index in [4.69, 9.17) is 9.15 Å². The van der Waals surface area contributed by atoms with Crippen molar-refractivity contribution in [3.8, 4) is 0 Å². The van der Waals surface area contributed by atoms with E-state index in [0.717, 1.165) is 6.54 Å². The molecule has 0 spiro atoms. The molecule has 1 aromatic carbocycles. The minimum atomic E-state index is -0.491. The number of hydrogen-bond acceptors (Lipinski definition) is 4. The number of hydrogen-bond donors (Lipinski definition) is 2. The number of ether oxygens (including phenoxy) is 1. The van der Waals surface area contributed by atoms with Gasteiger partial charge in [0.1, 0.15) is 0 Å². The van der Waals surface area contributed by atoms with Crippen LogP contribution in [-0.2, 0) is 9.53 Å². The van der Waals surface area contributed by atoms with E-state index in [-0.39, 0.29) is 35.8 Å². The third-order valence-electron chi connectivity index (χ3n) is 5.85. The Kier molecular flexibility index (Phi) is 5.35. The van der Waals surface area contributed by atoms with Crippen LogP contribution in [0.1, 0.15) is 41.8 Å². The summed E-state index contributed by atoms with van der Waals surface area (Å²) in [5, 5.41) is 6.38. The summed E-state index contributed by atoms with van der Waals surface area (Å²) in [6.45, 7) is 3.13. The fourth-order valence-corrected chi connectivity index (χ4v) is 3.83. The number of fused-ring (bicyclic) bond motifs is 1. The molecule has 28 heavy (non-hydrogen) atoms. The van der Waals surface area contributed by atoms with Crippen molar-refractivity contribution in [3.05, 3.63) is 35.3 Å². The quantitative estimate of drug-likeness (QED) is 0.797. The second-order valence-corrected chi connectivity index (χ2v) is 7.81. The fourth-order valence-electron chi connectivity index (χ4n) is 3.83. The van der Waals surface area contributed by atoms with Crippen molar-refractivity contribution >= 4 is 22.8 Å². The largest absolute Gasteiger partial charge is 0.448 e. The molecule has 0 radical (unpaired) electrons. The predicted molar refractivity (Wildman–Crippen MR) is 101 cm³/mol. The first kappa shape index (κ1) is 18.9. The summed E-state index contributed by atoms with van der Waals surface area (Å²) >= 11 is 0. The van der Waals surface area contributed by atoms with E-state index in [1.54, 1.807) is 19.1 Å². The van der Waals surface area contributed by atoms with Crippen molar-refractivity contribution in [1.29, 1.82) is 0 Å². The van der Waals surface area contributed by atoms with Crippen LogP contribution in [0.5, 0.6) is 0 Å². The molecule has 1 aromatic heterocycles. The summed E-state index contributed by atoms with van der Waals surface area (Å²) in [6, 6.07) is 4.61. The fraction of sp³-hybridized carbons (Fsp3) is 0.524. The van der Waals surface area contributed by atoms with Crippen LogP contribution in [-0.4, -0.2) is 37.6 Å². The molecule has 2 aliphatic rings. The molecule has 0 unspecified atom stereocenters. The van der Waals surface area contributed by atoms with Gasteiger partial charge in [0.2, 0.25) is 5.91 Å². The third kappa shape index (κ3) is 3.76. The monoisotopic (exact) mass is 388 g/mol. The highest BCUT2D eigenvalue weighted by molar-refractivity contribution is 5.99. The van der Waals surface area contributed by atoms with Crippen LogP contribution < -0.4 is 10.6 Å². The van der Waals surface area contributed by atoms with Gasteiger partial charge in [-0.15, -0.1) is 0 Å². The van der Waals surface area contributed by atoms with Gasteiger partial charge in [-0.3, -0.25) is 9.59 Å². The Morgan fingerprint density at radius 3 is 2.75 bits per heavy atom. The molecule has 1 saturated heterocycles. The summed E-state index contributed by atoms with van der Waals surface area (Å²) < 4.78 is 25.0. The molecule has 2 amide bonds. The van der Waals surface area contributed by atoms with Gasteiger partial charge in [0.15, 0.2) is 17.2 Å². The van der Waals surface area contributed by atoms with E-state index in [9.17, 15) is 14.0 Å². The van der Waals surface area contributed by atoms with Crippen LogP contribution in [0.3, 0.4) is 0 Å². The topological polar surface area (TPSA) is 80.6 Å². The van der Waals surface area contributed by atoms with E-state index in [1.807, 2.05) is 0 Å². The smallest absolute Gasteiger partial charge is 0.287 e. The number of benzene rings is 1. The molecule has 2 aromatic rings. The Morgan fingerprint density at radius 2 is 2.04 bits per heavy atom. The zero-order chi connectivity index (χ0) is 19.7. The first-order chi connectivity index (χ1) is 13.5. The van der Waals surface area contributed by atoms with E-state index >= 15 is 0 Å². The Balaban J connectivity index is 1.29. The zero-order valence-electron chi connectivity index (χ0n) is 15.9. The van der Waals surface area contributed by atoms with Gasteiger partial charge in [0.25, 0.3) is 5.91 Å². The molecule has 1 aliphatic carbocycles. The summed E-state index contributed by atoms with van der Waals surface area (Å²) in [7, 11) is 0. The van der Waals surface area contributed by atoms with E-state index in [0.29, 0.717) is 29.9 Å². The van der Waals surface area contributed by atoms with Gasteiger partial charge in [0, 0.05) is 24.0 Å². The van der Waals surface area contributed by atoms with Crippen molar-refractivity contribution in [2.24, 2.45) is 11.8 Å². The van der Waals surface area contributed by atoms with Gasteiger partial charge in [-0.1, -0.05) is 18.6 Å². The van der Waals surface area contributed by atoms with Crippen LogP contribution in [0.25, 0.3) is 11.0 Å². The Labute approximate surface area is 162 Å². The van der Waals surface area contributed by atoms with E-state index in [1.165, 1.54) is 25.3 Å². The number of carbonyl (C=O) groups excluding carboxylic acids is 2. The predicted octanol–water partition coefficient (Wildman–Crippen LogP) is 2.93. The number of carbonyl (C=O) groups is 2. The van der Waals surface area contributed by atoms with Crippen molar-refractivity contribution in [2.45, 2.75) is 38.7 Å². The molecule has 0 bridgehead atoms. The molecule has 2 atom stereocenters. The molecular formula is C21H25FN2O4. The van der Waals surface area contributed by atoms with Gasteiger partial charge in [0.05, 0.1) is 18.6 Å². The van der Waals surface area contributed by atoms with Crippen molar-refractivity contribution in [3.63, 3.8) is 0 Å². The number of nitrogens with one attached hydrogen (secondary N) is 2. The van der Waals surface area contributed by atoms with Crippen LogP contribution in [0.15, 0.2) is 22.6 Å². The SMILES string of the molecule is Cc1c(C(=O)NC[C@@H]2C[C@H](C(=O)NCC3CCC3)CO2)oc2c(F)cccc12. The average molecular weight is 388 g/mol. The lowest BCUT2D eigenvalue weighted by Crippen LogP contribution is -2.37. The van der Waals surface area contributed by atoms with Crippen LogP contribution in [0.4, 0.5) is 4.39 Å². The third-order valence-corrected chi connectivity index (χ3v) is 5.85. The molecule has 2 heterocycles. The van der Waals surface area contributed by atoms with Crippen molar-refractivity contribution < 1.29 is 23.1 Å². The lowest BCUT2D eigenvalue weighted by Gasteiger charge is -2.25. The van der Waals surface area contributed by atoms with Gasteiger partial charge in [-0.05, 0) is 38.2 Å². The second-order valence-electron chi connectivity index (χ2n) is 7.81. The highest BCUT2D eigenvalue weighted by Gasteiger charge is 2.32. The standard InChI is InChI=1S/C21H25FN2O4/c1-12-16-6-3-7-17(22)19(16)28-18(12)21(26)24-10-15-8-14(11-27-15)20(25)23-9-13-4-2-5-13/h3,6-7,13-15H,2,4-5,8-11H2,1H3,(H,23,25)(H,24,26)/t14-,15-/m0/s1. The summed E-state index contributed by atoms with van der Waals surface area (Å²) in [5.41, 5.74) is 0.693. The van der Waals surface area contributed by atoms with Gasteiger partial charge in [-0.25, -0.2) is 4.39 Å². The van der Waals surface area contributed by atoms with Gasteiger partial charge >= 0.3 is 0 Å². The normalized spacial score (nSPS) is 22.2. The molecule has 2 N–H and O–H groups in total. The number of furan rings is 1. The Hall–Kier alpha value is -2.41. The molecule has 2 fully saturated rings. The minimum absolute atomic E-state index is 0.0318. The molecule has 6 nitrogen and oxygen atoms in total. The van der Waals surface area contributed by atoms with E-state index < -0.39 is 11.7 Å². The molecular weight excluding hydrogens is 363 g/mol. The highest BCUT2D eigenvalue weighted by atomic mass is 19.1. The number of para-hydroxylation sites is 1. The van der Waals surface area contributed by atoms with Crippen molar-refractivity contribution in [2.75, 3.05) is 19.7 Å². The molecule has 1 saturated carbocycles. The average Bonchev–Trinajstić information content (AvgIpc) is 3.24. The first-order valence-corrected chi connectivity index (χ1v) is 9.88. The molecule has 150 valence electrons. The van der Waals surface area contributed by atoms with Crippen LogP contribution >= 0.6 is 0 Å². The molecule has 7 heteroatoms. The summed E-state index contributed by atoms with van der Waals surface area (Å²) in [4.78, 5) is 24.7. The minimum Gasteiger partial charge on any atom is -0.448 e. The Morgan fingerprint density at radius 1 is 1.21 bits per heavy atom. The maximum atomic E-state index is 13.8. The van der Waals surface area contributed by atoms with E-state index in [2.05, 4.69) is 10.6 Å². The lowest BCUT2D eigenvalue weighted by molar-refractivity contribution is -0.125.